The Bertz CT molecular complexity index is 156. The van der Waals surface area contributed by atoms with Crippen LogP contribution in [0.3, 0.4) is 0 Å². The molecule has 8 heavy (non-hydrogen) atoms. The molecule has 0 heterocycles. The molecule has 0 N–H and O–H groups in total. The first-order chi connectivity index (χ1) is 3.62. The molecule has 0 aromatic carbocycles. The second-order valence-corrected chi connectivity index (χ2v) is 3.31. The summed E-state index contributed by atoms with van der Waals surface area (Å²) < 4.78 is 20.6. The van der Waals surface area contributed by atoms with E-state index in [-0.39, 0.29) is 5.75 Å². The van der Waals surface area contributed by atoms with Crippen LogP contribution >= 0.6 is 0 Å². The van der Waals surface area contributed by atoms with Gasteiger partial charge in [-0.2, -0.15) is 0 Å². The molecular weight excluding hydrogens is 128 g/mol. The lowest BCUT2D eigenvalue weighted by Gasteiger charge is -1.87. The summed E-state index contributed by atoms with van der Waals surface area (Å²) in [4.78, 5) is 0. The van der Waals surface area contributed by atoms with E-state index in [0.29, 0.717) is 0 Å². The van der Waals surface area contributed by atoms with Crippen molar-refractivity contribution in [3.63, 3.8) is 0 Å². The minimum Gasteiger partial charge on any atom is -0.236 e. The molecule has 0 spiro atoms. The Morgan fingerprint density at radius 1 is 1.50 bits per heavy atom. The Labute approximate surface area is 48.6 Å². The third kappa shape index (κ3) is 2.76. The van der Waals surface area contributed by atoms with Crippen LogP contribution in [0.5, 0.6) is 0 Å². The van der Waals surface area contributed by atoms with Crippen LogP contribution in [-0.4, -0.2) is 20.8 Å². The van der Waals surface area contributed by atoms with Gasteiger partial charge in [0.2, 0.25) is 0 Å². The number of hydrogen-bond donors (Lipinski definition) is 0. The zero-order valence-electron chi connectivity index (χ0n) is 4.33. The van der Waals surface area contributed by atoms with Crippen molar-refractivity contribution in [1.29, 1.82) is 0 Å². The average molecular weight is 135 g/mol. The highest BCUT2D eigenvalue weighted by atomic mass is 32.2. The van der Waals surface area contributed by atoms with E-state index in [9.17, 15) is 13.5 Å². The summed E-state index contributed by atoms with van der Waals surface area (Å²) >= 11 is 0. The van der Waals surface area contributed by atoms with Crippen LogP contribution in [0, 0.1) is 0 Å². The van der Waals surface area contributed by atoms with Crippen LogP contribution in [-0.2, 0) is 14.9 Å². The fraction of sp³-hybridized carbons (Fsp3) is 0.500. The molecule has 0 unspecified atom stereocenters. The summed E-state index contributed by atoms with van der Waals surface area (Å²) in [5.74, 6) is -0.337. The van der Waals surface area contributed by atoms with Gasteiger partial charge in [0.25, 0.3) is 0 Å². The SMILES string of the molecule is C=CS(=O)(=O)CC[O]. The second kappa shape index (κ2) is 2.84. The van der Waals surface area contributed by atoms with E-state index >= 15 is 0 Å². The highest BCUT2D eigenvalue weighted by Gasteiger charge is 2.01. The van der Waals surface area contributed by atoms with E-state index in [1.54, 1.807) is 0 Å². The van der Waals surface area contributed by atoms with Gasteiger partial charge in [-0.05, 0) is 0 Å². The van der Waals surface area contributed by atoms with Crippen molar-refractivity contribution in [3.05, 3.63) is 12.0 Å². The molecule has 0 aromatic rings. The molecule has 0 amide bonds. The van der Waals surface area contributed by atoms with Gasteiger partial charge in [0.05, 0.1) is 12.4 Å². The first-order valence-corrected chi connectivity index (χ1v) is 3.77. The van der Waals surface area contributed by atoms with Crippen molar-refractivity contribution < 1.29 is 13.5 Å². The average Bonchev–Trinajstić information content (AvgIpc) is 1.67. The van der Waals surface area contributed by atoms with E-state index in [2.05, 4.69) is 6.58 Å². The first-order valence-electron chi connectivity index (χ1n) is 2.05. The highest BCUT2D eigenvalue weighted by Crippen LogP contribution is 1.87. The minimum atomic E-state index is -3.22. The topological polar surface area (TPSA) is 54.0 Å². The van der Waals surface area contributed by atoms with E-state index < -0.39 is 16.4 Å². The predicted molar refractivity (Wildman–Crippen MR) is 29.5 cm³/mol. The molecule has 0 rings (SSSR count). The molecular formula is C4H7O3S. The van der Waals surface area contributed by atoms with Crippen molar-refractivity contribution >= 4 is 9.84 Å². The molecule has 3 nitrogen and oxygen atoms in total. The Kier molecular flexibility index (Phi) is 2.71. The summed E-state index contributed by atoms with van der Waals surface area (Å²) in [7, 11) is -3.22. The van der Waals surface area contributed by atoms with Gasteiger partial charge in [0.1, 0.15) is 0 Å². The van der Waals surface area contributed by atoms with Gasteiger partial charge < -0.3 is 0 Å². The van der Waals surface area contributed by atoms with Crippen molar-refractivity contribution in [1.82, 2.24) is 0 Å². The maximum atomic E-state index is 10.3. The van der Waals surface area contributed by atoms with Crippen molar-refractivity contribution in [2.45, 2.75) is 0 Å². The summed E-state index contributed by atoms with van der Waals surface area (Å²) in [6, 6.07) is 0. The van der Waals surface area contributed by atoms with E-state index in [4.69, 9.17) is 0 Å². The fourth-order valence-electron chi connectivity index (χ4n) is 0.199. The lowest BCUT2D eigenvalue weighted by molar-refractivity contribution is 0.214. The monoisotopic (exact) mass is 135 g/mol. The normalized spacial score (nSPS) is 11.1. The Morgan fingerprint density at radius 2 is 2.00 bits per heavy atom. The fourth-order valence-corrected chi connectivity index (χ4v) is 0.598. The van der Waals surface area contributed by atoms with Crippen molar-refractivity contribution in [2.24, 2.45) is 0 Å². The van der Waals surface area contributed by atoms with Crippen molar-refractivity contribution in [3.8, 4) is 0 Å². The summed E-state index contributed by atoms with van der Waals surface area (Å²) in [6.45, 7) is 2.44. The Hall–Kier alpha value is -0.350. The number of hydrogen-bond acceptors (Lipinski definition) is 2. The molecule has 0 bridgehead atoms. The molecule has 1 radical (unpaired) electrons. The molecule has 0 aliphatic rings. The molecule has 0 aromatic heterocycles. The molecule has 0 saturated heterocycles. The molecule has 4 heteroatoms. The van der Waals surface area contributed by atoms with Crippen LogP contribution < -0.4 is 0 Å². The van der Waals surface area contributed by atoms with E-state index in [1.165, 1.54) is 0 Å². The quantitative estimate of drug-likeness (QED) is 0.546. The van der Waals surface area contributed by atoms with Crippen LogP contribution in [0.25, 0.3) is 0 Å². The van der Waals surface area contributed by atoms with Crippen LogP contribution in [0.15, 0.2) is 12.0 Å². The summed E-state index contributed by atoms with van der Waals surface area (Å²) in [6.07, 6.45) is 0. The maximum Gasteiger partial charge on any atom is 0.173 e. The maximum absolute atomic E-state index is 10.3. The summed E-state index contributed by atoms with van der Waals surface area (Å²) in [5, 5.41) is 10.5. The first kappa shape index (κ1) is 7.65. The zero-order valence-corrected chi connectivity index (χ0v) is 5.15. The molecule has 47 valence electrons. The Morgan fingerprint density at radius 3 is 2.12 bits per heavy atom. The summed E-state index contributed by atoms with van der Waals surface area (Å²) in [5.41, 5.74) is 0. The predicted octanol–water partition coefficient (Wildman–Crippen LogP) is -0.0248. The van der Waals surface area contributed by atoms with E-state index in [0.717, 1.165) is 5.41 Å². The van der Waals surface area contributed by atoms with Gasteiger partial charge in [-0.1, -0.05) is 6.58 Å². The molecule has 0 fully saturated rings. The van der Waals surface area contributed by atoms with Crippen LogP contribution in [0.1, 0.15) is 0 Å². The zero-order chi connectivity index (χ0) is 6.62. The standard InChI is InChI=1S/C4H7O3S/c1-2-8(6,7)4-3-5/h2H,1,3-4H2. The smallest absolute Gasteiger partial charge is 0.173 e. The Balaban J connectivity index is 3.95. The van der Waals surface area contributed by atoms with E-state index in [1.807, 2.05) is 0 Å². The molecule has 0 aliphatic carbocycles. The minimum absolute atomic E-state index is 0.337. The number of sulfone groups is 1. The largest absolute Gasteiger partial charge is 0.236 e. The van der Waals surface area contributed by atoms with Crippen LogP contribution in [0.4, 0.5) is 0 Å². The third-order valence-electron chi connectivity index (χ3n) is 0.622. The van der Waals surface area contributed by atoms with Gasteiger partial charge >= 0.3 is 0 Å². The third-order valence-corrected chi connectivity index (χ3v) is 1.87. The second-order valence-electron chi connectivity index (χ2n) is 1.24. The lowest BCUT2D eigenvalue weighted by atomic mass is 10.9. The molecule has 0 atom stereocenters. The van der Waals surface area contributed by atoms with Gasteiger partial charge in [0, 0.05) is 5.41 Å². The number of rotatable bonds is 3. The lowest BCUT2D eigenvalue weighted by Crippen LogP contribution is -2.03. The highest BCUT2D eigenvalue weighted by molar-refractivity contribution is 7.94. The molecule has 0 aliphatic heterocycles. The van der Waals surface area contributed by atoms with Crippen LogP contribution in [0.2, 0.25) is 0 Å². The van der Waals surface area contributed by atoms with Gasteiger partial charge in [-0.15, -0.1) is 0 Å². The van der Waals surface area contributed by atoms with Gasteiger partial charge in [0.15, 0.2) is 9.84 Å². The van der Waals surface area contributed by atoms with Gasteiger partial charge in [-0.3, -0.25) is 0 Å². The van der Waals surface area contributed by atoms with Gasteiger partial charge in [-0.25, -0.2) is 13.5 Å². The van der Waals surface area contributed by atoms with Crippen molar-refractivity contribution in [2.75, 3.05) is 12.4 Å². The molecule has 0 saturated carbocycles.